The molecular formula is CH12N6O11. The van der Waals surface area contributed by atoms with Crippen molar-refractivity contribution in [3.63, 3.8) is 0 Å². The van der Waals surface area contributed by atoms with Gasteiger partial charge in [-0.2, -0.15) is 0 Å². The van der Waals surface area contributed by atoms with E-state index in [1.807, 2.05) is 0 Å². The van der Waals surface area contributed by atoms with Crippen LogP contribution in [0.3, 0.4) is 0 Å². The van der Waals surface area contributed by atoms with Crippen molar-refractivity contribution < 1.29 is 31.6 Å². The second kappa shape index (κ2) is 29.2. The van der Waals surface area contributed by atoms with Crippen molar-refractivity contribution in [3.05, 3.63) is 46.0 Å². The summed E-state index contributed by atoms with van der Waals surface area (Å²) in [4.78, 5) is 24.8. The first-order valence-corrected chi connectivity index (χ1v) is 2.51. The Hall–Kier alpha value is -3.21. The van der Waals surface area contributed by atoms with Gasteiger partial charge in [0.1, 0.15) is 0 Å². The molecule has 0 spiro atoms. The summed E-state index contributed by atoms with van der Waals surface area (Å²) in [6, 6.07) is 0. The highest BCUT2D eigenvalue weighted by Crippen LogP contribution is 1.45. The lowest BCUT2D eigenvalue weighted by Crippen LogP contribution is -2.51. The fourth-order valence-electron chi connectivity index (χ4n) is 0. The molecule has 0 aromatic rings. The van der Waals surface area contributed by atoms with Crippen molar-refractivity contribution in [1.82, 2.24) is 0 Å². The van der Waals surface area contributed by atoms with Crippen LogP contribution in [-0.4, -0.2) is 21.2 Å². The van der Waals surface area contributed by atoms with Gasteiger partial charge in [0, 0.05) is 0 Å². The molecule has 18 heavy (non-hydrogen) atoms. The third-order valence-electron chi connectivity index (χ3n) is 0. The zero-order valence-corrected chi connectivity index (χ0v) is 8.40. The normalized spacial score (nSPS) is 5.33. The number of hydrogen-bond acceptors (Lipinski definition) is 9. The van der Waals surface area contributed by atoms with E-state index in [1.165, 1.54) is 0 Å². The molecule has 0 unspecified atom stereocenters. The molecule has 0 bridgehead atoms. The third kappa shape index (κ3) is 173. The first-order chi connectivity index (χ1) is 6.93. The quantitative estimate of drug-likeness (QED) is 0.123. The molecule has 17 nitrogen and oxygen atoms in total. The van der Waals surface area contributed by atoms with E-state index >= 15 is 0 Å². The summed E-state index contributed by atoms with van der Waals surface area (Å²) in [5.41, 5.74) is 9.17. The largest absolute Gasteiger partial charge is 0.457 e. The minimum atomic E-state index is -1.75. The van der Waals surface area contributed by atoms with E-state index in [0.717, 1.165) is 0 Å². The molecule has 0 saturated heterocycles. The van der Waals surface area contributed by atoms with Crippen LogP contribution in [0.2, 0.25) is 0 Å². The first kappa shape index (κ1) is 36.4. The van der Waals surface area contributed by atoms with Crippen LogP contribution >= 0.6 is 0 Å². The van der Waals surface area contributed by atoms with Crippen LogP contribution in [0.15, 0.2) is 0 Å². The predicted molar refractivity (Wildman–Crippen MR) is 56.1 cm³/mol. The number of guanidine groups is 1. The van der Waals surface area contributed by atoms with Gasteiger partial charge in [-0.15, -0.1) is 0 Å². The Morgan fingerprint density at radius 3 is 0.722 bits per heavy atom. The van der Waals surface area contributed by atoms with E-state index < -0.39 is 15.3 Å². The number of nitrogens with two attached hydrogens (primary N) is 3. The zero-order valence-electron chi connectivity index (χ0n) is 8.40. The van der Waals surface area contributed by atoms with Crippen LogP contribution in [0.4, 0.5) is 0 Å². The van der Waals surface area contributed by atoms with Gasteiger partial charge in [0.2, 0.25) is 0 Å². The van der Waals surface area contributed by atoms with Crippen molar-refractivity contribution in [3.8, 4) is 0 Å². The lowest BCUT2D eigenvalue weighted by atomic mass is 11.1. The first-order valence-electron chi connectivity index (χ1n) is 2.51. The van der Waals surface area contributed by atoms with Crippen LogP contribution in [0.5, 0.6) is 0 Å². The molecule has 0 aliphatic rings. The molecule has 0 heterocycles. The third-order valence-corrected chi connectivity index (χ3v) is 0. The molecule has 0 atom stereocenters. The molecule has 0 rings (SSSR count). The standard InChI is InChI=1S/CH5N3.3NO3.2H2O/c4*2-1(3)4;;/h(H5,2,3,4);;;;2*1H2/q;3*-1;;/p+3. The van der Waals surface area contributed by atoms with Crippen LogP contribution in [0.1, 0.15) is 0 Å². The van der Waals surface area contributed by atoms with Crippen molar-refractivity contribution in [2.75, 3.05) is 0 Å². The fourth-order valence-corrected chi connectivity index (χ4v) is 0. The van der Waals surface area contributed by atoms with Crippen LogP contribution in [0.25, 0.3) is 0 Å². The highest BCUT2D eigenvalue weighted by molar-refractivity contribution is 5.68. The summed E-state index contributed by atoms with van der Waals surface area (Å²) in [7, 11) is 0. The van der Waals surface area contributed by atoms with Gasteiger partial charge in [-0.1, -0.05) is 0 Å². The minimum absolute atomic E-state index is 0. The Morgan fingerprint density at radius 2 is 0.722 bits per heavy atom. The smallest absolute Gasteiger partial charge is 0.336 e. The van der Waals surface area contributed by atoms with E-state index in [-0.39, 0.29) is 16.9 Å². The fraction of sp³-hybridized carbons (Fsp3) is 0. The van der Waals surface area contributed by atoms with E-state index in [0.29, 0.717) is 0 Å². The summed E-state index contributed by atoms with van der Waals surface area (Å²) in [6.07, 6.45) is 0. The molecule has 0 fully saturated rings. The zero-order chi connectivity index (χ0) is 14.3. The predicted octanol–water partition coefficient (Wildman–Crippen LogP) is -5.54. The van der Waals surface area contributed by atoms with E-state index in [1.54, 1.807) is 0 Å². The Morgan fingerprint density at radius 1 is 0.722 bits per heavy atom. The van der Waals surface area contributed by atoms with Gasteiger partial charge >= 0.3 is 5.96 Å². The number of nitrogens with zero attached hydrogens (tertiary/aromatic N) is 3. The average molecular weight is 284 g/mol. The summed E-state index contributed by atoms with van der Waals surface area (Å²) in [5.74, 6) is -0.0833. The van der Waals surface area contributed by atoms with Crippen molar-refractivity contribution in [2.24, 2.45) is 11.5 Å². The number of rotatable bonds is 0. The Kier molecular flexibility index (Phi) is 59.0. The summed E-state index contributed by atoms with van der Waals surface area (Å²) >= 11 is 0. The SMILES string of the molecule is NC(N)=[NH2+].O=[N+]([O-])[O-].O=[N+]([O-])[O-].O=[N+]([O-])[O-].[OH3+].[OH3+]. The second-order valence-electron chi connectivity index (χ2n) is 1.17. The van der Waals surface area contributed by atoms with Gasteiger partial charge < -0.3 is 56.9 Å². The van der Waals surface area contributed by atoms with Crippen molar-refractivity contribution in [1.29, 1.82) is 0 Å². The number of hydrogen-bond donors (Lipinski definition) is 3. The van der Waals surface area contributed by atoms with Gasteiger partial charge in [-0.3, -0.25) is 16.9 Å². The lowest BCUT2D eigenvalue weighted by molar-refractivity contribution is -0.403. The Bertz CT molecular complexity index is 162. The molecule has 0 amide bonds. The van der Waals surface area contributed by atoms with E-state index in [9.17, 15) is 0 Å². The summed E-state index contributed by atoms with van der Waals surface area (Å²) in [5, 5.41) is 48.8. The van der Waals surface area contributed by atoms with Gasteiger partial charge in [0.05, 0.1) is 15.3 Å². The maximum absolute atomic E-state index is 8.25. The van der Waals surface area contributed by atoms with Crippen LogP contribution in [-0.2, 0) is 11.0 Å². The Balaban J connectivity index is -0.0000000257. The maximum atomic E-state index is 8.25. The molecule has 0 aliphatic heterocycles. The molecule has 0 aliphatic carbocycles. The van der Waals surface area contributed by atoms with Gasteiger partial charge in [-0.25, -0.2) is 0 Å². The van der Waals surface area contributed by atoms with E-state index in [2.05, 4.69) is 16.9 Å². The highest BCUT2D eigenvalue weighted by atomic mass is 16.9. The molecule has 112 valence electrons. The molecule has 12 N–H and O–H groups in total. The minimum Gasteiger partial charge on any atom is -0.457 e. The topological polar surface area (TPSA) is 342 Å². The van der Waals surface area contributed by atoms with Crippen LogP contribution < -0.4 is 16.9 Å². The monoisotopic (exact) mass is 284 g/mol. The van der Waals surface area contributed by atoms with Gasteiger partial charge in [0.25, 0.3) is 0 Å². The molecule has 0 aromatic heterocycles. The van der Waals surface area contributed by atoms with Crippen LogP contribution in [0, 0.1) is 46.0 Å². The van der Waals surface area contributed by atoms with Gasteiger partial charge in [0.15, 0.2) is 0 Å². The average Bonchev–Trinajstić information content (AvgIpc) is 1.76. The summed E-state index contributed by atoms with van der Waals surface area (Å²) < 4.78 is 0. The molecule has 0 aromatic carbocycles. The van der Waals surface area contributed by atoms with E-state index in [4.69, 9.17) is 46.0 Å². The van der Waals surface area contributed by atoms with Crippen molar-refractivity contribution >= 4 is 5.96 Å². The second-order valence-corrected chi connectivity index (χ2v) is 1.17. The highest BCUT2D eigenvalue weighted by Gasteiger charge is 1.64. The summed E-state index contributed by atoms with van der Waals surface area (Å²) in [6.45, 7) is 0. The molecule has 0 saturated carbocycles. The lowest BCUT2D eigenvalue weighted by Gasteiger charge is -1.74. The maximum Gasteiger partial charge on any atom is 0.336 e. The Labute approximate surface area is 96.3 Å². The molecular weight excluding hydrogens is 272 g/mol. The molecule has 17 heteroatoms. The van der Waals surface area contributed by atoms with Crippen molar-refractivity contribution in [2.45, 2.75) is 0 Å². The van der Waals surface area contributed by atoms with Gasteiger partial charge in [-0.05, 0) is 0 Å². The molecule has 0 radical (unpaired) electrons.